The van der Waals surface area contributed by atoms with Crippen molar-refractivity contribution in [2.75, 3.05) is 6.61 Å². The van der Waals surface area contributed by atoms with Gasteiger partial charge in [-0.2, -0.15) is 0 Å². The molecule has 3 nitrogen and oxygen atoms in total. The predicted molar refractivity (Wildman–Crippen MR) is 45.9 cm³/mol. The van der Waals surface area contributed by atoms with Gasteiger partial charge in [0.05, 0.1) is 6.61 Å². The Labute approximate surface area is 71.9 Å². The molecule has 0 bridgehead atoms. The first-order valence-corrected chi connectivity index (χ1v) is 4.75. The van der Waals surface area contributed by atoms with Gasteiger partial charge in [-0.1, -0.05) is 30.3 Å². The Morgan fingerprint density at radius 1 is 1.33 bits per heavy atom. The molecule has 0 fully saturated rings. The minimum atomic E-state index is -2.45. The molecule has 1 radical (unpaired) electrons. The Morgan fingerprint density at radius 3 is 2.58 bits per heavy atom. The summed E-state index contributed by atoms with van der Waals surface area (Å²) in [5, 5.41) is 0. The standard InChI is InChI=1S/C8H10O3P/c9-12(10)11-7-6-8-4-2-1-3-5-8/h1-5H,6-7H2,(H,9,10). The van der Waals surface area contributed by atoms with E-state index >= 15 is 0 Å². The predicted octanol–water partition coefficient (Wildman–Crippen LogP) is 1.90. The topological polar surface area (TPSA) is 46.5 Å². The maximum Gasteiger partial charge on any atom is 0.366 e. The van der Waals surface area contributed by atoms with Gasteiger partial charge in [-0.15, -0.1) is 0 Å². The molecule has 1 unspecified atom stereocenters. The highest BCUT2D eigenvalue weighted by Gasteiger charge is 1.95. The lowest BCUT2D eigenvalue weighted by atomic mass is 10.2. The number of hydrogen-bond acceptors (Lipinski definition) is 2. The summed E-state index contributed by atoms with van der Waals surface area (Å²) in [6, 6.07) is 9.68. The van der Waals surface area contributed by atoms with Crippen LogP contribution in [-0.4, -0.2) is 11.5 Å². The summed E-state index contributed by atoms with van der Waals surface area (Å²) in [7, 11) is -2.45. The Balaban J connectivity index is 2.29. The maximum absolute atomic E-state index is 10.1. The van der Waals surface area contributed by atoms with Gasteiger partial charge in [0, 0.05) is 0 Å². The molecular weight excluding hydrogens is 175 g/mol. The molecule has 0 aliphatic heterocycles. The van der Waals surface area contributed by atoms with Crippen LogP contribution in [0.1, 0.15) is 5.56 Å². The van der Waals surface area contributed by atoms with Crippen molar-refractivity contribution in [3.05, 3.63) is 35.9 Å². The number of hydrogen-bond donors (Lipinski definition) is 1. The molecule has 12 heavy (non-hydrogen) atoms. The minimum absolute atomic E-state index is 0.287. The molecule has 0 heterocycles. The second-order valence-electron chi connectivity index (χ2n) is 2.31. The molecule has 0 aliphatic carbocycles. The summed E-state index contributed by atoms with van der Waals surface area (Å²) in [4.78, 5) is 8.32. The Bertz CT molecular complexity index is 248. The van der Waals surface area contributed by atoms with Gasteiger partial charge in [-0.05, 0) is 12.0 Å². The molecule has 1 aromatic carbocycles. The SMILES string of the molecule is O=[P](O)OCCc1ccccc1. The van der Waals surface area contributed by atoms with Crippen molar-refractivity contribution in [3.8, 4) is 0 Å². The van der Waals surface area contributed by atoms with Crippen molar-refractivity contribution < 1.29 is 14.0 Å². The fraction of sp³-hybridized carbons (Fsp3) is 0.250. The molecular formula is C8H10O3P. The lowest BCUT2D eigenvalue weighted by Crippen LogP contribution is -1.92. The van der Waals surface area contributed by atoms with Crippen molar-refractivity contribution in [2.45, 2.75) is 6.42 Å². The van der Waals surface area contributed by atoms with Crippen LogP contribution < -0.4 is 0 Å². The molecule has 1 aromatic rings. The van der Waals surface area contributed by atoms with E-state index in [4.69, 9.17) is 4.89 Å². The zero-order valence-electron chi connectivity index (χ0n) is 6.51. The summed E-state index contributed by atoms with van der Waals surface area (Å²) in [5.74, 6) is 0. The zero-order chi connectivity index (χ0) is 8.81. The van der Waals surface area contributed by atoms with E-state index in [-0.39, 0.29) is 6.61 Å². The molecule has 1 N–H and O–H groups in total. The summed E-state index contributed by atoms with van der Waals surface area (Å²) < 4.78 is 14.6. The van der Waals surface area contributed by atoms with E-state index in [1.54, 1.807) is 0 Å². The van der Waals surface area contributed by atoms with E-state index in [1.165, 1.54) is 0 Å². The quantitative estimate of drug-likeness (QED) is 0.728. The lowest BCUT2D eigenvalue weighted by Gasteiger charge is -1.98. The van der Waals surface area contributed by atoms with Gasteiger partial charge in [-0.25, -0.2) is 4.57 Å². The van der Waals surface area contributed by atoms with E-state index in [1.807, 2.05) is 30.3 Å². The fourth-order valence-corrected chi connectivity index (χ4v) is 1.13. The maximum atomic E-state index is 10.1. The molecule has 0 spiro atoms. The van der Waals surface area contributed by atoms with Crippen LogP contribution in [0.5, 0.6) is 0 Å². The van der Waals surface area contributed by atoms with Crippen LogP contribution >= 0.6 is 8.25 Å². The summed E-state index contributed by atoms with van der Waals surface area (Å²) in [5.41, 5.74) is 1.11. The van der Waals surface area contributed by atoms with Crippen LogP contribution in [-0.2, 0) is 15.5 Å². The number of benzene rings is 1. The number of rotatable bonds is 4. The van der Waals surface area contributed by atoms with Crippen LogP contribution in [0, 0.1) is 0 Å². The highest BCUT2D eigenvalue weighted by atomic mass is 31.1. The lowest BCUT2D eigenvalue weighted by molar-refractivity contribution is 0.285. The Morgan fingerprint density at radius 2 is 2.00 bits per heavy atom. The van der Waals surface area contributed by atoms with E-state index < -0.39 is 8.25 Å². The first kappa shape index (κ1) is 9.33. The van der Waals surface area contributed by atoms with Crippen LogP contribution in [0.25, 0.3) is 0 Å². The largest absolute Gasteiger partial charge is 0.366 e. The smallest absolute Gasteiger partial charge is 0.298 e. The summed E-state index contributed by atoms with van der Waals surface area (Å²) >= 11 is 0. The Kier molecular flexibility index (Phi) is 3.88. The molecule has 1 rings (SSSR count). The molecule has 1 atom stereocenters. The van der Waals surface area contributed by atoms with E-state index in [0.717, 1.165) is 5.56 Å². The van der Waals surface area contributed by atoms with Gasteiger partial charge in [0.2, 0.25) is 0 Å². The van der Waals surface area contributed by atoms with Crippen LogP contribution in [0.4, 0.5) is 0 Å². The highest BCUT2D eigenvalue weighted by molar-refractivity contribution is 7.32. The third-order valence-corrected chi connectivity index (χ3v) is 1.84. The van der Waals surface area contributed by atoms with Gasteiger partial charge in [0.15, 0.2) is 0 Å². The van der Waals surface area contributed by atoms with Gasteiger partial charge >= 0.3 is 8.25 Å². The average molecular weight is 185 g/mol. The van der Waals surface area contributed by atoms with Crippen molar-refractivity contribution in [2.24, 2.45) is 0 Å². The van der Waals surface area contributed by atoms with E-state index in [9.17, 15) is 4.57 Å². The Hall–Kier alpha value is -0.760. The van der Waals surface area contributed by atoms with Gasteiger partial charge in [-0.3, -0.25) is 9.42 Å². The molecule has 0 saturated carbocycles. The van der Waals surface area contributed by atoms with Crippen molar-refractivity contribution in [1.29, 1.82) is 0 Å². The minimum Gasteiger partial charge on any atom is -0.298 e. The average Bonchev–Trinajstić information content (AvgIpc) is 2.05. The van der Waals surface area contributed by atoms with Crippen LogP contribution in [0.2, 0.25) is 0 Å². The summed E-state index contributed by atoms with van der Waals surface area (Å²) in [6.45, 7) is 0.287. The van der Waals surface area contributed by atoms with Crippen LogP contribution in [0.15, 0.2) is 30.3 Å². The van der Waals surface area contributed by atoms with E-state index in [0.29, 0.717) is 6.42 Å². The van der Waals surface area contributed by atoms with Crippen molar-refractivity contribution in [3.63, 3.8) is 0 Å². The molecule has 0 aliphatic rings. The second kappa shape index (κ2) is 4.99. The fourth-order valence-electron chi connectivity index (χ4n) is 0.886. The third kappa shape index (κ3) is 3.58. The van der Waals surface area contributed by atoms with Crippen molar-refractivity contribution in [1.82, 2.24) is 0 Å². The summed E-state index contributed by atoms with van der Waals surface area (Å²) in [6.07, 6.45) is 0.669. The molecule has 65 valence electrons. The third-order valence-electron chi connectivity index (χ3n) is 1.44. The molecule has 0 saturated heterocycles. The monoisotopic (exact) mass is 185 g/mol. The first-order chi connectivity index (χ1) is 5.79. The first-order valence-electron chi connectivity index (χ1n) is 3.62. The zero-order valence-corrected chi connectivity index (χ0v) is 7.41. The van der Waals surface area contributed by atoms with Crippen molar-refractivity contribution >= 4 is 8.25 Å². The second-order valence-corrected chi connectivity index (χ2v) is 3.04. The molecule has 0 aromatic heterocycles. The van der Waals surface area contributed by atoms with Gasteiger partial charge < -0.3 is 0 Å². The van der Waals surface area contributed by atoms with E-state index in [2.05, 4.69) is 4.52 Å². The molecule has 0 amide bonds. The molecule has 4 heteroatoms. The van der Waals surface area contributed by atoms with Gasteiger partial charge in [0.1, 0.15) is 0 Å². The highest BCUT2D eigenvalue weighted by Crippen LogP contribution is 2.14. The normalized spacial score (nSPS) is 11.2. The van der Waals surface area contributed by atoms with Crippen LogP contribution in [0.3, 0.4) is 0 Å². The van der Waals surface area contributed by atoms with Gasteiger partial charge in [0.25, 0.3) is 0 Å².